The Balaban J connectivity index is 1.82. The van der Waals surface area contributed by atoms with E-state index in [9.17, 15) is 9.18 Å². The molecule has 3 rings (SSSR count). The number of allylic oxidation sites excluding steroid dienone is 1. The second kappa shape index (κ2) is 9.43. The highest BCUT2D eigenvalue weighted by atomic mass is 19.1. The highest BCUT2D eigenvalue weighted by molar-refractivity contribution is 6.09. The molecule has 0 amide bonds. The third kappa shape index (κ3) is 4.62. The molecule has 2 aromatic heterocycles. The zero-order chi connectivity index (χ0) is 21.7. The van der Waals surface area contributed by atoms with Crippen molar-refractivity contribution in [3.8, 4) is 17.2 Å². The molecule has 1 unspecified atom stereocenters. The van der Waals surface area contributed by atoms with E-state index < -0.39 is 6.17 Å². The van der Waals surface area contributed by atoms with E-state index in [0.29, 0.717) is 41.7 Å². The van der Waals surface area contributed by atoms with Crippen LogP contribution in [0, 0.1) is 0 Å². The smallest absolute Gasteiger partial charge is 0.250 e. The number of nitrogens with zero attached hydrogens (tertiary/aromatic N) is 3. The topological polar surface area (TPSA) is 78.1 Å². The van der Waals surface area contributed by atoms with Gasteiger partial charge in [-0.3, -0.25) is 9.78 Å². The maximum atomic E-state index is 13.4. The molecule has 0 fully saturated rings. The Kier molecular flexibility index (Phi) is 6.72. The summed E-state index contributed by atoms with van der Waals surface area (Å²) in [7, 11) is 1.62. The van der Waals surface area contributed by atoms with Gasteiger partial charge in [0.2, 0.25) is 5.89 Å². The average molecular weight is 409 g/mol. The summed E-state index contributed by atoms with van der Waals surface area (Å²) >= 11 is 0. The van der Waals surface area contributed by atoms with Crippen molar-refractivity contribution in [1.82, 2.24) is 15.2 Å². The highest BCUT2D eigenvalue weighted by Crippen LogP contribution is 2.26. The van der Waals surface area contributed by atoms with Crippen molar-refractivity contribution in [1.29, 1.82) is 0 Å². The van der Waals surface area contributed by atoms with Crippen molar-refractivity contribution in [3.05, 3.63) is 71.4 Å². The van der Waals surface area contributed by atoms with Gasteiger partial charge < -0.3 is 9.15 Å². The number of rotatable bonds is 9. The van der Waals surface area contributed by atoms with E-state index in [0.717, 1.165) is 11.3 Å². The molecule has 0 saturated carbocycles. The van der Waals surface area contributed by atoms with Crippen LogP contribution in [0.15, 0.2) is 53.1 Å². The first-order chi connectivity index (χ1) is 14.4. The molecule has 0 N–H and O–H groups in total. The number of hydrogen-bond donors (Lipinski definition) is 0. The molecule has 0 aliphatic heterocycles. The number of methoxy groups -OCH3 is 1. The molecule has 2 heterocycles. The Morgan fingerprint density at radius 3 is 2.73 bits per heavy atom. The minimum Gasteiger partial charge on any atom is -0.496 e. The molecule has 0 saturated heterocycles. The number of alkyl halides is 1. The van der Waals surface area contributed by atoms with Gasteiger partial charge in [0.1, 0.15) is 5.75 Å². The average Bonchev–Trinajstić information content (AvgIpc) is 3.27. The van der Waals surface area contributed by atoms with E-state index >= 15 is 0 Å². The van der Waals surface area contributed by atoms with Crippen LogP contribution < -0.4 is 4.74 Å². The number of carbonyl (C=O) groups excluding carboxylic acids is 1. The van der Waals surface area contributed by atoms with Crippen molar-refractivity contribution in [2.45, 2.75) is 39.3 Å². The normalized spacial score (nSPS) is 11.9. The molecule has 3 aromatic rings. The lowest BCUT2D eigenvalue weighted by molar-refractivity contribution is 0.103. The first-order valence-electron chi connectivity index (χ1n) is 9.75. The number of aromatic nitrogens is 3. The lowest BCUT2D eigenvalue weighted by Gasteiger charge is -2.11. The van der Waals surface area contributed by atoms with E-state index in [1.54, 1.807) is 19.4 Å². The van der Waals surface area contributed by atoms with E-state index in [1.807, 2.05) is 31.2 Å². The molecular formula is C23H24FN3O3. The second-order valence-electron chi connectivity index (χ2n) is 6.88. The van der Waals surface area contributed by atoms with Gasteiger partial charge in [-0.15, -0.1) is 10.2 Å². The Hall–Kier alpha value is -3.35. The zero-order valence-corrected chi connectivity index (χ0v) is 17.3. The molecule has 0 aliphatic rings. The molecular weight excluding hydrogens is 385 g/mol. The fraction of sp³-hybridized carbons (Fsp3) is 0.304. The van der Waals surface area contributed by atoms with Crippen LogP contribution >= 0.6 is 0 Å². The van der Waals surface area contributed by atoms with Crippen LogP contribution in [0.5, 0.6) is 5.75 Å². The monoisotopic (exact) mass is 409 g/mol. The van der Waals surface area contributed by atoms with Crippen LogP contribution in [0.3, 0.4) is 0 Å². The zero-order valence-electron chi connectivity index (χ0n) is 17.3. The SMILES string of the molecule is C=C(CCc1ccccc1OC)C(=O)c1cc(-c2nnc(C(C)F)o2)cnc1CC. The molecule has 0 bridgehead atoms. The molecule has 1 atom stereocenters. The summed E-state index contributed by atoms with van der Waals surface area (Å²) in [4.78, 5) is 17.5. The summed E-state index contributed by atoms with van der Waals surface area (Å²) < 4.78 is 24.1. The summed E-state index contributed by atoms with van der Waals surface area (Å²) in [6, 6.07) is 9.35. The van der Waals surface area contributed by atoms with Crippen LogP contribution in [-0.2, 0) is 12.8 Å². The maximum absolute atomic E-state index is 13.4. The van der Waals surface area contributed by atoms with Crippen LogP contribution in [0.1, 0.15) is 53.9 Å². The summed E-state index contributed by atoms with van der Waals surface area (Å²) in [5, 5.41) is 7.55. The quantitative estimate of drug-likeness (QED) is 0.361. The van der Waals surface area contributed by atoms with Gasteiger partial charge in [0.15, 0.2) is 12.0 Å². The largest absolute Gasteiger partial charge is 0.496 e. The Bertz CT molecular complexity index is 1060. The number of carbonyl (C=O) groups is 1. The van der Waals surface area contributed by atoms with Crippen LogP contribution in [0.2, 0.25) is 0 Å². The van der Waals surface area contributed by atoms with Crippen molar-refractivity contribution in [3.63, 3.8) is 0 Å². The van der Waals surface area contributed by atoms with E-state index in [-0.39, 0.29) is 17.6 Å². The first-order valence-corrected chi connectivity index (χ1v) is 9.75. The van der Waals surface area contributed by atoms with Crippen molar-refractivity contribution in [2.75, 3.05) is 7.11 Å². The van der Waals surface area contributed by atoms with E-state index in [2.05, 4.69) is 21.8 Å². The number of halogens is 1. The van der Waals surface area contributed by atoms with Gasteiger partial charge >= 0.3 is 0 Å². The van der Waals surface area contributed by atoms with Crippen molar-refractivity contribution in [2.24, 2.45) is 0 Å². The molecule has 7 heteroatoms. The number of Topliss-reactive ketones (excluding diaryl/α,β-unsaturated/α-hetero) is 1. The number of benzene rings is 1. The summed E-state index contributed by atoms with van der Waals surface area (Å²) in [5.74, 6) is 0.608. The molecule has 0 aliphatic carbocycles. The minimum absolute atomic E-state index is 0.112. The molecule has 0 spiro atoms. The molecule has 0 radical (unpaired) electrons. The number of para-hydroxylation sites is 1. The molecule has 30 heavy (non-hydrogen) atoms. The van der Waals surface area contributed by atoms with Crippen LogP contribution in [-0.4, -0.2) is 28.1 Å². The highest BCUT2D eigenvalue weighted by Gasteiger charge is 2.20. The standard InChI is InChI=1S/C23H24FN3O3/c1-5-19-18(12-17(13-25-19)23-27-26-22(30-23)15(3)24)21(28)14(2)10-11-16-8-6-7-9-20(16)29-4/h6-9,12-13,15H,2,5,10-11H2,1,3-4H3. The Morgan fingerprint density at radius 2 is 2.07 bits per heavy atom. The Morgan fingerprint density at radius 1 is 1.30 bits per heavy atom. The molecule has 1 aromatic carbocycles. The van der Waals surface area contributed by atoms with Gasteiger partial charge in [-0.05, 0) is 49.5 Å². The summed E-state index contributed by atoms with van der Waals surface area (Å²) in [5.41, 5.74) is 3.04. The number of hydrogen-bond acceptors (Lipinski definition) is 6. The fourth-order valence-electron chi connectivity index (χ4n) is 3.10. The van der Waals surface area contributed by atoms with Gasteiger partial charge in [0.25, 0.3) is 5.89 Å². The maximum Gasteiger partial charge on any atom is 0.250 e. The van der Waals surface area contributed by atoms with Gasteiger partial charge in [-0.1, -0.05) is 31.7 Å². The third-order valence-corrected chi connectivity index (χ3v) is 4.79. The molecule has 156 valence electrons. The summed E-state index contributed by atoms with van der Waals surface area (Å²) in [6.45, 7) is 7.23. The third-order valence-electron chi connectivity index (χ3n) is 4.79. The van der Waals surface area contributed by atoms with Gasteiger partial charge in [0, 0.05) is 11.8 Å². The van der Waals surface area contributed by atoms with Crippen LogP contribution in [0.25, 0.3) is 11.5 Å². The van der Waals surface area contributed by atoms with E-state index in [1.165, 1.54) is 6.92 Å². The van der Waals surface area contributed by atoms with E-state index in [4.69, 9.17) is 9.15 Å². The Labute approximate surface area is 174 Å². The lowest BCUT2D eigenvalue weighted by atomic mass is 9.95. The first kappa shape index (κ1) is 21.4. The number of aryl methyl sites for hydroxylation is 2. The predicted molar refractivity (Wildman–Crippen MR) is 111 cm³/mol. The lowest BCUT2D eigenvalue weighted by Crippen LogP contribution is -2.09. The number of pyridine rings is 1. The predicted octanol–water partition coefficient (Wildman–Crippen LogP) is 5.10. The number of ether oxygens (including phenoxy) is 1. The van der Waals surface area contributed by atoms with Gasteiger partial charge in [-0.25, -0.2) is 4.39 Å². The fourth-order valence-corrected chi connectivity index (χ4v) is 3.10. The second-order valence-corrected chi connectivity index (χ2v) is 6.88. The van der Waals surface area contributed by atoms with Crippen molar-refractivity contribution < 1.29 is 18.3 Å². The van der Waals surface area contributed by atoms with Gasteiger partial charge in [-0.2, -0.15) is 0 Å². The minimum atomic E-state index is -1.37. The summed E-state index contributed by atoms with van der Waals surface area (Å²) in [6.07, 6.45) is 1.87. The number of ketones is 1. The van der Waals surface area contributed by atoms with Crippen LogP contribution in [0.4, 0.5) is 4.39 Å². The van der Waals surface area contributed by atoms with Gasteiger partial charge in [0.05, 0.1) is 18.4 Å². The molecule has 6 nitrogen and oxygen atoms in total. The van der Waals surface area contributed by atoms with Crippen molar-refractivity contribution >= 4 is 5.78 Å².